The van der Waals surface area contributed by atoms with E-state index >= 15 is 0 Å². The summed E-state index contributed by atoms with van der Waals surface area (Å²) in [6.45, 7) is 3.59. The first-order valence-corrected chi connectivity index (χ1v) is 4.67. The molecule has 1 aliphatic rings. The van der Waals surface area contributed by atoms with Crippen molar-refractivity contribution in [1.29, 1.82) is 0 Å². The van der Waals surface area contributed by atoms with Crippen molar-refractivity contribution in [3.8, 4) is 0 Å². The van der Waals surface area contributed by atoms with Crippen LogP contribution in [-0.2, 0) is 6.54 Å². The molecular formula is C9H11ClN2O. The molecule has 70 valence electrons. The van der Waals surface area contributed by atoms with Crippen LogP contribution < -0.4 is 0 Å². The van der Waals surface area contributed by atoms with E-state index < -0.39 is 6.23 Å². The number of rotatable bonds is 1. The Balaban J connectivity index is 2.39. The zero-order valence-electron chi connectivity index (χ0n) is 7.37. The fraction of sp³-hybridized carbons (Fsp3) is 0.444. The van der Waals surface area contributed by atoms with Crippen LogP contribution in [0.4, 0.5) is 0 Å². The van der Waals surface area contributed by atoms with Crippen LogP contribution in [0.1, 0.15) is 24.4 Å². The van der Waals surface area contributed by atoms with Crippen LogP contribution in [0.2, 0.25) is 5.15 Å². The molecule has 1 unspecified atom stereocenters. The summed E-state index contributed by atoms with van der Waals surface area (Å²) in [4.78, 5) is 6.05. The zero-order chi connectivity index (χ0) is 9.42. The van der Waals surface area contributed by atoms with Gasteiger partial charge in [-0.3, -0.25) is 4.90 Å². The van der Waals surface area contributed by atoms with Crippen LogP contribution in [0.3, 0.4) is 0 Å². The second kappa shape index (κ2) is 3.25. The molecule has 1 N–H and O–H groups in total. The highest BCUT2D eigenvalue weighted by atomic mass is 35.5. The number of nitrogens with zero attached hydrogens (tertiary/aromatic N) is 2. The van der Waals surface area contributed by atoms with Crippen LogP contribution in [0, 0.1) is 0 Å². The Morgan fingerprint density at radius 3 is 3.15 bits per heavy atom. The molecule has 2 heterocycles. The second-order valence-electron chi connectivity index (χ2n) is 3.12. The van der Waals surface area contributed by atoms with Crippen molar-refractivity contribution in [2.45, 2.75) is 19.7 Å². The van der Waals surface area contributed by atoms with Gasteiger partial charge in [0.2, 0.25) is 0 Å². The van der Waals surface area contributed by atoms with Gasteiger partial charge in [0.05, 0.1) is 5.69 Å². The number of hydrogen-bond donors (Lipinski definition) is 1. The van der Waals surface area contributed by atoms with Gasteiger partial charge in [-0.1, -0.05) is 24.6 Å². The average molecular weight is 199 g/mol. The number of aromatic nitrogens is 1. The third-order valence-electron chi connectivity index (χ3n) is 2.35. The number of halogens is 1. The topological polar surface area (TPSA) is 36.4 Å². The van der Waals surface area contributed by atoms with Gasteiger partial charge in [0.1, 0.15) is 5.15 Å². The molecule has 1 atom stereocenters. The predicted octanol–water partition coefficient (Wildman–Crippen LogP) is 1.56. The van der Waals surface area contributed by atoms with Gasteiger partial charge in [-0.25, -0.2) is 4.98 Å². The Labute approximate surface area is 82.0 Å². The lowest BCUT2D eigenvalue weighted by atomic mass is 10.2. The van der Waals surface area contributed by atoms with Crippen LogP contribution in [0.5, 0.6) is 0 Å². The van der Waals surface area contributed by atoms with Gasteiger partial charge in [0, 0.05) is 6.54 Å². The van der Waals surface area contributed by atoms with E-state index in [2.05, 4.69) is 4.98 Å². The highest BCUT2D eigenvalue weighted by molar-refractivity contribution is 6.29. The molecule has 3 nitrogen and oxygen atoms in total. The lowest BCUT2D eigenvalue weighted by Gasteiger charge is -2.16. The number of aliphatic hydroxyl groups is 1. The fourth-order valence-electron chi connectivity index (χ4n) is 1.60. The Morgan fingerprint density at radius 2 is 2.46 bits per heavy atom. The maximum atomic E-state index is 9.77. The predicted molar refractivity (Wildman–Crippen MR) is 50.3 cm³/mol. The molecule has 0 aromatic carbocycles. The van der Waals surface area contributed by atoms with Crippen LogP contribution in [0.25, 0.3) is 0 Å². The summed E-state index contributed by atoms with van der Waals surface area (Å²) in [6, 6.07) is 3.68. The third-order valence-corrected chi connectivity index (χ3v) is 2.56. The SMILES string of the molecule is CCN1Cc2ccc(Cl)nc2C1O. The molecule has 0 fully saturated rings. The van der Waals surface area contributed by atoms with Gasteiger partial charge < -0.3 is 5.11 Å². The first kappa shape index (κ1) is 8.94. The van der Waals surface area contributed by atoms with Gasteiger partial charge in [-0.05, 0) is 18.2 Å². The van der Waals surface area contributed by atoms with Gasteiger partial charge in [0.25, 0.3) is 0 Å². The largest absolute Gasteiger partial charge is 0.372 e. The second-order valence-corrected chi connectivity index (χ2v) is 3.50. The standard InChI is InChI=1S/C9H11ClN2O/c1-2-12-5-6-3-4-7(10)11-8(6)9(12)13/h3-4,9,13H,2,5H2,1H3. The lowest BCUT2D eigenvalue weighted by Crippen LogP contribution is -2.21. The van der Waals surface area contributed by atoms with E-state index in [0.29, 0.717) is 10.8 Å². The van der Waals surface area contributed by atoms with Gasteiger partial charge >= 0.3 is 0 Å². The zero-order valence-corrected chi connectivity index (χ0v) is 8.12. The van der Waals surface area contributed by atoms with E-state index in [-0.39, 0.29) is 0 Å². The molecule has 0 aliphatic carbocycles. The number of hydrogen-bond acceptors (Lipinski definition) is 3. The molecule has 1 aromatic rings. The fourth-order valence-corrected chi connectivity index (χ4v) is 1.75. The molecule has 1 aromatic heterocycles. The van der Waals surface area contributed by atoms with Crippen LogP contribution >= 0.6 is 11.6 Å². The van der Waals surface area contributed by atoms with Crippen molar-refractivity contribution < 1.29 is 5.11 Å². The van der Waals surface area contributed by atoms with E-state index in [1.54, 1.807) is 6.07 Å². The summed E-state index contributed by atoms with van der Waals surface area (Å²) >= 11 is 5.74. The highest BCUT2D eigenvalue weighted by Gasteiger charge is 2.28. The maximum absolute atomic E-state index is 9.77. The summed E-state index contributed by atoms with van der Waals surface area (Å²) in [7, 11) is 0. The van der Waals surface area contributed by atoms with Crippen molar-refractivity contribution in [2.24, 2.45) is 0 Å². The monoisotopic (exact) mass is 198 g/mol. The van der Waals surface area contributed by atoms with E-state index in [1.807, 2.05) is 17.9 Å². The van der Waals surface area contributed by atoms with Crippen molar-refractivity contribution in [3.63, 3.8) is 0 Å². The summed E-state index contributed by atoms with van der Waals surface area (Å²) in [5.41, 5.74) is 1.77. The number of fused-ring (bicyclic) bond motifs is 1. The minimum Gasteiger partial charge on any atom is -0.372 e. The minimum atomic E-state index is -0.585. The van der Waals surface area contributed by atoms with Crippen molar-refractivity contribution in [3.05, 3.63) is 28.5 Å². The normalized spacial score (nSPS) is 21.9. The molecule has 0 spiro atoms. The highest BCUT2D eigenvalue weighted by Crippen LogP contribution is 2.30. The minimum absolute atomic E-state index is 0.441. The molecule has 0 radical (unpaired) electrons. The molecule has 13 heavy (non-hydrogen) atoms. The summed E-state index contributed by atoms with van der Waals surface area (Å²) < 4.78 is 0. The number of pyridine rings is 1. The van der Waals surface area contributed by atoms with E-state index in [1.165, 1.54) is 0 Å². The third kappa shape index (κ3) is 1.43. The quantitative estimate of drug-likeness (QED) is 0.696. The smallest absolute Gasteiger partial charge is 0.151 e. The lowest BCUT2D eigenvalue weighted by molar-refractivity contribution is 0.0151. The Kier molecular flexibility index (Phi) is 2.24. The van der Waals surface area contributed by atoms with Crippen LogP contribution in [-0.4, -0.2) is 21.5 Å². The summed E-state index contributed by atoms with van der Waals surface area (Å²) in [6.07, 6.45) is -0.585. The maximum Gasteiger partial charge on any atom is 0.151 e. The molecule has 2 rings (SSSR count). The van der Waals surface area contributed by atoms with Crippen LogP contribution in [0.15, 0.2) is 12.1 Å². The van der Waals surface area contributed by atoms with Gasteiger partial charge in [0.15, 0.2) is 6.23 Å². The van der Waals surface area contributed by atoms with E-state index in [0.717, 1.165) is 18.7 Å². The van der Waals surface area contributed by atoms with Gasteiger partial charge in [-0.15, -0.1) is 0 Å². The van der Waals surface area contributed by atoms with E-state index in [9.17, 15) is 5.11 Å². The van der Waals surface area contributed by atoms with E-state index in [4.69, 9.17) is 11.6 Å². The molecule has 0 saturated carbocycles. The first-order valence-electron chi connectivity index (χ1n) is 4.30. The summed E-state index contributed by atoms with van der Waals surface area (Å²) in [5, 5.41) is 10.2. The first-order chi connectivity index (χ1) is 6.22. The molecular weight excluding hydrogens is 188 g/mol. The molecule has 4 heteroatoms. The van der Waals surface area contributed by atoms with Crippen molar-refractivity contribution in [1.82, 2.24) is 9.88 Å². The molecule has 0 bridgehead atoms. The number of aliphatic hydroxyl groups excluding tert-OH is 1. The van der Waals surface area contributed by atoms with Crippen molar-refractivity contribution >= 4 is 11.6 Å². The molecule has 0 amide bonds. The average Bonchev–Trinajstić information content (AvgIpc) is 2.44. The Morgan fingerprint density at radius 1 is 1.69 bits per heavy atom. The van der Waals surface area contributed by atoms with Gasteiger partial charge in [-0.2, -0.15) is 0 Å². The summed E-state index contributed by atoms with van der Waals surface area (Å²) in [5.74, 6) is 0. The Bertz CT molecular complexity index is 329. The van der Waals surface area contributed by atoms with Crippen molar-refractivity contribution in [2.75, 3.05) is 6.54 Å². The molecule has 0 saturated heterocycles. The Hall–Kier alpha value is -0.640. The molecule has 1 aliphatic heterocycles.